The number of nitrogens with one attached hydrogen (secondary N) is 2. The van der Waals surface area contributed by atoms with Gasteiger partial charge >= 0.3 is 0 Å². The van der Waals surface area contributed by atoms with E-state index in [2.05, 4.69) is 37.2 Å². The highest BCUT2D eigenvalue weighted by atomic mass is 32.2. The van der Waals surface area contributed by atoms with Gasteiger partial charge in [-0.25, -0.2) is 0 Å². The summed E-state index contributed by atoms with van der Waals surface area (Å²) in [6.45, 7) is 5.48. The first-order valence-corrected chi connectivity index (χ1v) is 10.0. The van der Waals surface area contributed by atoms with E-state index in [-0.39, 0.29) is 5.91 Å². The smallest absolute Gasteiger partial charge is 0.254 e. The van der Waals surface area contributed by atoms with Crippen molar-refractivity contribution in [2.75, 3.05) is 12.3 Å². The summed E-state index contributed by atoms with van der Waals surface area (Å²) in [5, 5.41) is 19.3. The van der Waals surface area contributed by atoms with Crippen molar-refractivity contribution in [3.63, 3.8) is 0 Å². The highest BCUT2D eigenvalue weighted by Gasteiger charge is 2.23. The van der Waals surface area contributed by atoms with E-state index in [1.54, 1.807) is 18.0 Å². The first kappa shape index (κ1) is 18.0. The summed E-state index contributed by atoms with van der Waals surface area (Å²) in [5.41, 5.74) is 1.70. The van der Waals surface area contributed by atoms with Crippen LogP contribution < -0.4 is 5.32 Å². The molecule has 1 amide bonds. The van der Waals surface area contributed by atoms with Crippen LogP contribution in [-0.4, -0.2) is 43.2 Å². The molecule has 0 spiro atoms. The second kappa shape index (κ2) is 8.51. The van der Waals surface area contributed by atoms with E-state index in [0.29, 0.717) is 18.0 Å². The summed E-state index contributed by atoms with van der Waals surface area (Å²) in [5.74, 6) is 2.09. The molecule has 1 aliphatic carbocycles. The Morgan fingerprint density at radius 2 is 2.16 bits per heavy atom. The molecule has 2 aromatic rings. The first-order valence-electron chi connectivity index (χ1n) is 9.04. The number of carbonyl (C=O) groups excluding carboxylic acids is 1. The lowest BCUT2D eigenvalue weighted by Crippen LogP contribution is -2.27. The fraction of sp³-hybridized carbons (Fsp3) is 0.647. The molecule has 1 saturated carbocycles. The molecule has 0 saturated heterocycles. The molecule has 0 aromatic carbocycles. The Morgan fingerprint density at radius 3 is 2.92 bits per heavy atom. The third kappa shape index (κ3) is 4.23. The number of nitrogens with zero attached hydrogens (tertiary/aromatic N) is 4. The Balaban J connectivity index is 1.50. The molecule has 7 nitrogen and oxygen atoms in total. The molecule has 0 radical (unpaired) electrons. The van der Waals surface area contributed by atoms with E-state index in [1.165, 1.54) is 19.3 Å². The van der Waals surface area contributed by atoms with E-state index in [1.807, 2.05) is 6.92 Å². The van der Waals surface area contributed by atoms with Gasteiger partial charge in [0.15, 0.2) is 5.16 Å². The lowest BCUT2D eigenvalue weighted by atomic mass is 9.85. The number of hydrogen-bond acceptors (Lipinski definition) is 5. The molecular weight excluding hydrogens is 336 g/mol. The molecule has 0 aliphatic heterocycles. The van der Waals surface area contributed by atoms with Gasteiger partial charge in [0.05, 0.1) is 17.5 Å². The van der Waals surface area contributed by atoms with Crippen molar-refractivity contribution in [2.45, 2.75) is 63.6 Å². The molecule has 25 heavy (non-hydrogen) atoms. The van der Waals surface area contributed by atoms with E-state index in [9.17, 15) is 4.79 Å². The monoisotopic (exact) mass is 362 g/mol. The van der Waals surface area contributed by atoms with Gasteiger partial charge in [-0.3, -0.25) is 9.89 Å². The van der Waals surface area contributed by atoms with Gasteiger partial charge in [0.2, 0.25) is 0 Å². The summed E-state index contributed by atoms with van der Waals surface area (Å²) < 4.78 is 2.07. The zero-order valence-electron chi connectivity index (χ0n) is 14.9. The summed E-state index contributed by atoms with van der Waals surface area (Å²) in [6, 6.07) is 0. The summed E-state index contributed by atoms with van der Waals surface area (Å²) >= 11 is 1.62. The van der Waals surface area contributed by atoms with Crippen molar-refractivity contribution in [1.82, 2.24) is 30.3 Å². The SMILES string of the molecule is CCn1c(C)nnc1SCCNC(=O)c1cn[nH]c1C1CCCCC1. The fourth-order valence-corrected chi connectivity index (χ4v) is 4.32. The lowest BCUT2D eigenvalue weighted by molar-refractivity contribution is 0.0954. The fourth-order valence-electron chi connectivity index (χ4n) is 3.41. The van der Waals surface area contributed by atoms with Crippen LogP contribution >= 0.6 is 11.8 Å². The van der Waals surface area contributed by atoms with Crippen LogP contribution in [0.3, 0.4) is 0 Å². The topological polar surface area (TPSA) is 88.5 Å². The third-order valence-corrected chi connectivity index (χ3v) is 5.73. The van der Waals surface area contributed by atoms with Crippen molar-refractivity contribution in [3.05, 3.63) is 23.3 Å². The van der Waals surface area contributed by atoms with Gasteiger partial charge < -0.3 is 9.88 Å². The summed E-state index contributed by atoms with van der Waals surface area (Å²) in [7, 11) is 0. The minimum absolute atomic E-state index is 0.0388. The minimum atomic E-state index is -0.0388. The van der Waals surface area contributed by atoms with Gasteiger partial charge in [0.25, 0.3) is 5.91 Å². The number of H-pyrrole nitrogens is 1. The number of aromatic nitrogens is 5. The summed E-state index contributed by atoms with van der Waals surface area (Å²) in [6.07, 6.45) is 7.71. The third-order valence-electron chi connectivity index (χ3n) is 4.76. The van der Waals surface area contributed by atoms with E-state index >= 15 is 0 Å². The Hall–Kier alpha value is -1.83. The van der Waals surface area contributed by atoms with Gasteiger partial charge in [-0.15, -0.1) is 10.2 Å². The van der Waals surface area contributed by atoms with Crippen LogP contribution in [-0.2, 0) is 6.54 Å². The van der Waals surface area contributed by atoms with Crippen LogP contribution in [0.25, 0.3) is 0 Å². The average Bonchev–Trinajstić information content (AvgIpc) is 3.26. The molecule has 0 unspecified atom stereocenters. The second-order valence-corrected chi connectivity index (χ2v) is 7.47. The highest BCUT2D eigenvalue weighted by Crippen LogP contribution is 2.33. The molecule has 1 aliphatic rings. The normalized spacial score (nSPS) is 15.4. The predicted octanol–water partition coefficient (Wildman–Crippen LogP) is 2.90. The molecule has 1 fully saturated rings. The van der Waals surface area contributed by atoms with Gasteiger partial charge in [0, 0.05) is 24.8 Å². The maximum Gasteiger partial charge on any atom is 0.254 e. The molecule has 136 valence electrons. The molecule has 2 aromatic heterocycles. The molecule has 3 rings (SSSR count). The Morgan fingerprint density at radius 1 is 1.36 bits per heavy atom. The minimum Gasteiger partial charge on any atom is -0.351 e. The second-order valence-electron chi connectivity index (χ2n) is 6.41. The standard InChI is InChI=1S/C17H26N6OS/c1-3-23-12(2)20-22-17(23)25-10-9-18-16(24)14-11-19-21-15(14)13-7-5-4-6-8-13/h11,13H,3-10H2,1-2H3,(H,18,24)(H,19,21). The van der Waals surface area contributed by atoms with Crippen LogP contribution in [0, 0.1) is 6.92 Å². The number of hydrogen-bond donors (Lipinski definition) is 2. The largest absolute Gasteiger partial charge is 0.351 e. The van der Waals surface area contributed by atoms with Crippen LogP contribution in [0.5, 0.6) is 0 Å². The molecule has 0 atom stereocenters. The Kier molecular flexibility index (Phi) is 6.12. The van der Waals surface area contributed by atoms with Crippen molar-refractivity contribution >= 4 is 17.7 Å². The van der Waals surface area contributed by atoms with Crippen molar-refractivity contribution in [3.8, 4) is 0 Å². The van der Waals surface area contributed by atoms with Gasteiger partial charge in [-0.2, -0.15) is 5.10 Å². The number of aromatic amines is 1. The molecule has 8 heteroatoms. The lowest BCUT2D eigenvalue weighted by Gasteiger charge is -2.21. The van der Waals surface area contributed by atoms with Crippen molar-refractivity contribution in [1.29, 1.82) is 0 Å². The molecule has 0 bridgehead atoms. The number of amides is 1. The maximum absolute atomic E-state index is 12.5. The highest BCUT2D eigenvalue weighted by molar-refractivity contribution is 7.99. The van der Waals surface area contributed by atoms with Crippen LogP contribution in [0.1, 0.15) is 66.8 Å². The van der Waals surface area contributed by atoms with Gasteiger partial charge in [0.1, 0.15) is 5.82 Å². The summed E-state index contributed by atoms with van der Waals surface area (Å²) in [4.78, 5) is 12.5. The average molecular weight is 363 g/mol. The molecule has 2 N–H and O–H groups in total. The Bertz CT molecular complexity index is 704. The molecule has 2 heterocycles. The zero-order valence-corrected chi connectivity index (χ0v) is 15.7. The number of thioether (sulfide) groups is 1. The van der Waals surface area contributed by atoms with Crippen molar-refractivity contribution in [2.24, 2.45) is 0 Å². The van der Waals surface area contributed by atoms with Gasteiger partial charge in [-0.05, 0) is 26.7 Å². The van der Waals surface area contributed by atoms with Crippen LogP contribution in [0.2, 0.25) is 0 Å². The number of carbonyl (C=O) groups is 1. The van der Waals surface area contributed by atoms with Crippen LogP contribution in [0.15, 0.2) is 11.4 Å². The number of rotatable bonds is 7. The molecular formula is C17H26N6OS. The Labute approximate surface area is 152 Å². The zero-order chi connectivity index (χ0) is 17.6. The quantitative estimate of drug-likeness (QED) is 0.584. The van der Waals surface area contributed by atoms with Crippen molar-refractivity contribution < 1.29 is 4.79 Å². The van der Waals surface area contributed by atoms with Crippen LogP contribution in [0.4, 0.5) is 0 Å². The van der Waals surface area contributed by atoms with Gasteiger partial charge in [-0.1, -0.05) is 31.0 Å². The maximum atomic E-state index is 12.5. The predicted molar refractivity (Wildman–Crippen MR) is 97.9 cm³/mol. The van der Waals surface area contributed by atoms with E-state index in [0.717, 1.165) is 41.8 Å². The van der Waals surface area contributed by atoms with E-state index < -0.39 is 0 Å². The van der Waals surface area contributed by atoms with E-state index in [4.69, 9.17) is 0 Å². The number of aryl methyl sites for hydroxylation is 1. The first-order chi connectivity index (χ1) is 12.2.